The second-order valence-electron chi connectivity index (χ2n) is 5.96. The Hall–Kier alpha value is -2.87. The summed E-state index contributed by atoms with van der Waals surface area (Å²) in [6, 6.07) is 14.0. The molecule has 8 heteroatoms. The fourth-order valence-electron chi connectivity index (χ4n) is 2.10. The van der Waals surface area contributed by atoms with Gasteiger partial charge < -0.3 is 4.90 Å². The van der Waals surface area contributed by atoms with E-state index in [2.05, 4.69) is 10.5 Å². The van der Waals surface area contributed by atoms with Gasteiger partial charge >= 0.3 is 0 Å². The Morgan fingerprint density at radius 1 is 0.962 bits per heavy atom. The highest BCUT2D eigenvalue weighted by atomic mass is 32.2. The fraction of sp³-hybridized carbons (Fsp3) is 0.222. The Kier molecular flexibility index (Phi) is 5.99. The van der Waals surface area contributed by atoms with E-state index in [1.807, 2.05) is 43.3 Å². The molecular formula is C18H22N4O3S. The van der Waals surface area contributed by atoms with Crippen molar-refractivity contribution in [2.24, 2.45) is 5.10 Å². The van der Waals surface area contributed by atoms with Gasteiger partial charge in [0.15, 0.2) is 0 Å². The number of rotatable bonds is 6. The smallest absolute Gasteiger partial charge is 0.271 e. The molecule has 0 aromatic heterocycles. The number of carbonyl (C=O) groups is 1. The zero-order chi connectivity index (χ0) is 19.3. The SMILES string of the molecule is CN(C)c1ccc(/C=N\NC(=O)c2ccc(N(C)S(C)(=O)=O)cc2)cc1. The predicted molar refractivity (Wildman–Crippen MR) is 106 cm³/mol. The first-order chi connectivity index (χ1) is 12.2. The van der Waals surface area contributed by atoms with Crippen LogP contribution >= 0.6 is 0 Å². The summed E-state index contributed by atoms with van der Waals surface area (Å²) >= 11 is 0. The number of benzene rings is 2. The second kappa shape index (κ2) is 8.01. The third kappa shape index (κ3) is 5.06. The maximum atomic E-state index is 12.1. The molecule has 0 radical (unpaired) electrons. The molecule has 0 fully saturated rings. The molecule has 2 aromatic rings. The minimum atomic E-state index is -3.34. The standard InChI is InChI=1S/C18H22N4O3S/c1-21(2)16-9-5-14(6-10-16)13-19-20-18(23)15-7-11-17(12-8-15)22(3)26(4,24)25/h5-13H,1-4H3,(H,20,23)/b19-13-. The lowest BCUT2D eigenvalue weighted by molar-refractivity contribution is 0.0955. The summed E-state index contributed by atoms with van der Waals surface area (Å²) in [6.07, 6.45) is 2.68. The van der Waals surface area contributed by atoms with Gasteiger partial charge in [-0.1, -0.05) is 12.1 Å². The maximum Gasteiger partial charge on any atom is 0.271 e. The van der Waals surface area contributed by atoms with Crippen LogP contribution in [0.15, 0.2) is 53.6 Å². The highest BCUT2D eigenvalue weighted by Crippen LogP contribution is 2.16. The van der Waals surface area contributed by atoms with Gasteiger partial charge in [0.25, 0.3) is 5.91 Å². The van der Waals surface area contributed by atoms with Crippen molar-refractivity contribution in [3.05, 3.63) is 59.7 Å². The molecule has 1 amide bonds. The normalized spacial score (nSPS) is 11.4. The molecule has 2 aromatic carbocycles. The van der Waals surface area contributed by atoms with Crippen LogP contribution in [0.5, 0.6) is 0 Å². The largest absolute Gasteiger partial charge is 0.378 e. The van der Waals surface area contributed by atoms with E-state index >= 15 is 0 Å². The van der Waals surface area contributed by atoms with Crippen LogP contribution in [-0.4, -0.2) is 47.9 Å². The molecule has 0 atom stereocenters. The van der Waals surface area contributed by atoms with E-state index in [-0.39, 0.29) is 5.91 Å². The van der Waals surface area contributed by atoms with Crippen LogP contribution in [0.2, 0.25) is 0 Å². The van der Waals surface area contributed by atoms with Crippen molar-refractivity contribution in [1.29, 1.82) is 0 Å². The molecule has 138 valence electrons. The number of amides is 1. The van der Waals surface area contributed by atoms with Crippen LogP contribution in [0.1, 0.15) is 15.9 Å². The fourth-order valence-corrected chi connectivity index (χ4v) is 2.61. The first kappa shape index (κ1) is 19.5. The Bertz CT molecular complexity index is 889. The summed E-state index contributed by atoms with van der Waals surface area (Å²) in [5.74, 6) is -0.375. The summed E-state index contributed by atoms with van der Waals surface area (Å²) < 4.78 is 24.2. The van der Waals surface area contributed by atoms with Gasteiger partial charge in [0.2, 0.25) is 10.0 Å². The Labute approximate surface area is 154 Å². The average Bonchev–Trinajstić information content (AvgIpc) is 2.60. The zero-order valence-corrected chi connectivity index (χ0v) is 16.0. The third-order valence-electron chi connectivity index (χ3n) is 3.78. The lowest BCUT2D eigenvalue weighted by Crippen LogP contribution is -2.25. The Balaban J connectivity index is 1.99. The van der Waals surface area contributed by atoms with E-state index in [9.17, 15) is 13.2 Å². The number of nitrogens with one attached hydrogen (secondary N) is 1. The molecule has 0 saturated carbocycles. The van der Waals surface area contributed by atoms with Gasteiger partial charge in [0.1, 0.15) is 0 Å². The van der Waals surface area contributed by atoms with Crippen molar-refractivity contribution < 1.29 is 13.2 Å². The molecule has 0 heterocycles. The highest BCUT2D eigenvalue weighted by Gasteiger charge is 2.12. The van der Waals surface area contributed by atoms with Gasteiger partial charge in [-0.05, 0) is 42.0 Å². The van der Waals surface area contributed by atoms with Crippen molar-refractivity contribution in [2.45, 2.75) is 0 Å². The van der Waals surface area contributed by atoms with E-state index in [1.165, 1.54) is 7.05 Å². The van der Waals surface area contributed by atoms with Crippen LogP contribution in [0, 0.1) is 0 Å². The van der Waals surface area contributed by atoms with Crippen molar-refractivity contribution in [3.8, 4) is 0 Å². The lowest BCUT2D eigenvalue weighted by Gasteiger charge is -2.16. The summed E-state index contributed by atoms with van der Waals surface area (Å²) in [4.78, 5) is 14.1. The molecule has 2 rings (SSSR count). The molecule has 0 unspecified atom stereocenters. The topological polar surface area (TPSA) is 82.1 Å². The summed E-state index contributed by atoms with van der Waals surface area (Å²) in [5, 5.41) is 3.94. The van der Waals surface area contributed by atoms with E-state index in [0.717, 1.165) is 21.8 Å². The number of hydrogen-bond donors (Lipinski definition) is 1. The quantitative estimate of drug-likeness (QED) is 0.619. The second-order valence-corrected chi connectivity index (χ2v) is 7.98. The molecular weight excluding hydrogens is 352 g/mol. The van der Waals surface area contributed by atoms with E-state index < -0.39 is 10.0 Å². The van der Waals surface area contributed by atoms with Crippen molar-refractivity contribution in [3.63, 3.8) is 0 Å². The molecule has 0 spiro atoms. The van der Waals surface area contributed by atoms with E-state index in [1.54, 1.807) is 30.5 Å². The summed E-state index contributed by atoms with van der Waals surface area (Å²) in [7, 11) is 2.04. The van der Waals surface area contributed by atoms with Gasteiger partial charge in [-0.15, -0.1) is 0 Å². The first-order valence-electron chi connectivity index (χ1n) is 7.83. The van der Waals surface area contributed by atoms with Crippen LogP contribution in [0.4, 0.5) is 11.4 Å². The maximum absolute atomic E-state index is 12.1. The lowest BCUT2D eigenvalue weighted by atomic mass is 10.2. The predicted octanol–water partition coefficient (Wildman–Crippen LogP) is 1.91. The van der Waals surface area contributed by atoms with Crippen LogP contribution in [-0.2, 0) is 10.0 Å². The van der Waals surface area contributed by atoms with Crippen LogP contribution in [0.25, 0.3) is 0 Å². The van der Waals surface area contributed by atoms with Gasteiger partial charge in [-0.2, -0.15) is 5.10 Å². The van der Waals surface area contributed by atoms with E-state index in [4.69, 9.17) is 0 Å². The Morgan fingerprint density at radius 2 is 1.50 bits per heavy atom. The summed E-state index contributed by atoms with van der Waals surface area (Å²) in [5.41, 5.74) is 5.25. The highest BCUT2D eigenvalue weighted by molar-refractivity contribution is 7.92. The molecule has 7 nitrogen and oxygen atoms in total. The molecule has 0 aliphatic carbocycles. The van der Waals surface area contributed by atoms with Gasteiger partial charge in [0, 0.05) is 32.4 Å². The average molecular weight is 374 g/mol. The van der Waals surface area contributed by atoms with Crippen LogP contribution < -0.4 is 14.6 Å². The third-order valence-corrected chi connectivity index (χ3v) is 4.99. The zero-order valence-electron chi connectivity index (χ0n) is 15.2. The number of sulfonamides is 1. The number of anilines is 2. The molecule has 1 N–H and O–H groups in total. The van der Waals surface area contributed by atoms with Gasteiger partial charge in [-0.3, -0.25) is 9.10 Å². The number of carbonyl (C=O) groups excluding carboxylic acids is 1. The Morgan fingerprint density at radius 3 is 2.00 bits per heavy atom. The van der Waals surface area contributed by atoms with Crippen molar-refractivity contribution >= 4 is 33.5 Å². The summed E-state index contributed by atoms with van der Waals surface area (Å²) in [6.45, 7) is 0. The minimum Gasteiger partial charge on any atom is -0.378 e. The van der Waals surface area contributed by atoms with Crippen molar-refractivity contribution in [1.82, 2.24) is 5.43 Å². The number of hydrazone groups is 1. The molecule has 26 heavy (non-hydrogen) atoms. The van der Waals surface area contributed by atoms with Crippen molar-refractivity contribution in [2.75, 3.05) is 36.6 Å². The molecule has 0 saturated heterocycles. The van der Waals surface area contributed by atoms with E-state index in [0.29, 0.717) is 11.3 Å². The minimum absolute atomic E-state index is 0.375. The monoisotopic (exact) mass is 374 g/mol. The van der Waals surface area contributed by atoms with Gasteiger partial charge in [-0.25, -0.2) is 13.8 Å². The van der Waals surface area contributed by atoms with Crippen LogP contribution in [0.3, 0.4) is 0 Å². The first-order valence-corrected chi connectivity index (χ1v) is 9.68. The number of nitrogens with zero attached hydrogens (tertiary/aromatic N) is 3. The molecule has 0 bridgehead atoms. The molecule has 0 aliphatic heterocycles. The number of hydrogen-bond acceptors (Lipinski definition) is 5. The van der Waals surface area contributed by atoms with Gasteiger partial charge in [0.05, 0.1) is 18.2 Å². The molecule has 0 aliphatic rings.